The lowest BCUT2D eigenvalue weighted by atomic mass is 10.6. The third-order valence-corrected chi connectivity index (χ3v) is 4.68. The standard InChI is InChI=1S/C6H11N3O2S2/c1-4(2)13(10,11)3-5-6(7)8-9-12-5/h4H,3,7H2,1-2H3. The zero-order valence-electron chi connectivity index (χ0n) is 7.39. The van der Waals surface area contributed by atoms with Crippen LogP contribution in [-0.4, -0.2) is 23.3 Å². The maximum absolute atomic E-state index is 11.4. The molecule has 1 aromatic rings. The number of rotatable bonds is 3. The second kappa shape index (κ2) is 3.59. The first-order valence-corrected chi connectivity index (χ1v) is 6.20. The molecule has 0 aromatic carbocycles. The lowest BCUT2D eigenvalue weighted by Crippen LogP contribution is -2.16. The number of anilines is 1. The van der Waals surface area contributed by atoms with Crippen LogP contribution in [0.4, 0.5) is 5.82 Å². The molecule has 0 aliphatic rings. The summed E-state index contributed by atoms with van der Waals surface area (Å²) in [4.78, 5) is 0.522. The summed E-state index contributed by atoms with van der Waals surface area (Å²) in [6.45, 7) is 3.28. The molecule has 1 aromatic heterocycles. The highest BCUT2D eigenvalue weighted by Crippen LogP contribution is 2.18. The van der Waals surface area contributed by atoms with Gasteiger partial charge in [-0.05, 0) is 25.4 Å². The SMILES string of the molecule is CC(C)S(=O)(=O)Cc1snnc1N. The molecule has 0 bridgehead atoms. The minimum absolute atomic E-state index is 0.0613. The highest BCUT2D eigenvalue weighted by atomic mass is 32.2. The van der Waals surface area contributed by atoms with Crippen LogP contribution in [0.2, 0.25) is 0 Å². The highest BCUT2D eigenvalue weighted by Gasteiger charge is 2.19. The molecule has 7 heteroatoms. The van der Waals surface area contributed by atoms with Crippen LogP contribution in [0.25, 0.3) is 0 Å². The van der Waals surface area contributed by atoms with Gasteiger partial charge in [0.1, 0.15) is 0 Å². The molecule has 0 amide bonds. The van der Waals surface area contributed by atoms with E-state index in [0.717, 1.165) is 11.5 Å². The Morgan fingerprint density at radius 1 is 1.54 bits per heavy atom. The van der Waals surface area contributed by atoms with E-state index in [4.69, 9.17) is 5.73 Å². The van der Waals surface area contributed by atoms with Crippen LogP contribution in [0, 0.1) is 0 Å². The van der Waals surface area contributed by atoms with Crippen LogP contribution in [0.15, 0.2) is 0 Å². The molecule has 1 rings (SSSR count). The van der Waals surface area contributed by atoms with Crippen molar-refractivity contribution in [2.75, 3.05) is 5.73 Å². The summed E-state index contributed by atoms with van der Waals surface area (Å²) in [5.74, 6) is 0.156. The molecule has 0 saturated carbocycles. The van der Waals surface area contributed by atoms with E-state index in [1.807, 2.05) is 0 Å². The van der Waals surface area contributed by atoms with Crippen LogP contribution < -0.4 is 5.73 Å². The molecule has 0 atom stereocenters. The predicted molar refractivity (Wildman–Crippen MR) is 52.1 cm³/mol. The molecule has 1 heterocycles. The number of nitrogens with two attached hydrogens (primary N) is 1. The molecular formula is C6H11N3O2S2. The number of nitrogens with zero attached hydrogens (tertiary/aromatic N) is 2. The molecule has 0 radical (unpaired) electrons. The van der Waals surface area contributed by atoms with Gasteiger partial charge in [-0.25, -0.2) is 8.42 Å². The Kier molecular flexibility index (Phi) is 2.87. The first-order chi connectivity index (χ1) is 5.93. The van der Waals surface area contributed by atoms with Gasteiger partial charge in [0.05, 0.1) is 15.9 Å². The Bertz CT molecular complexity index is 382. The third kappa shape index (κ3) is 2.38. The predicted octanol–water partition coefficient (Wildman–Crippen LogP) is 0.444. The summed E-state index contributed by atoms with van der Waals surface area (Å²) in [7, 11) is -3.09. The van der Waals surface area contributed by atoms with E-state index in [1.54, 1.807) is 13.8 Å². The van der Waals surface area contributed by atoms with Crippen LogP contribution in [0.1, 0.15) is 18.7 Å². The zero-order valence-corrected chi connectivity index (χ0v) is 9.02. The Morgan fingerprint density at radius 3 is 2.54 bits per heavy atom. The number of aromatic nitrogens is 2. The molecule has 0 saturated heterocycles. The van der Waals surface area contributed by atoms with Crippen molar-refractivity contribution in [3.05, 3.63) is 4.88 Å². The number of hydrogen-bond donors (Lipinski definition) is 1. The van der Waals surface area contributed by atoms with Crippen molar-refractivity contribution in [3.63, 3.8) is 0 Å². The summed E-state index contributed by atoms with van der Waals surface area (Å²) in [5, 5.41) is 3.15. The maximum atomic E-state index is 11.4. The summed E-state index contributed by atoms with van der Waals surface area (Å²) in [5.41, 5.74) is 5.42. The average molecular weight is 221 g/mol. The molecule has 13 heavy (non-hydrogen) atoms. The highest BCUT2D eigenvalue weighted by molar-refractivity contribution is 7.91. The van der Waals surface area contributed by atoms with Crippen LogP contribution in [-0.2, 0) is 15.6 Å². The van der Waals surface area contributed by atoms with Gasteiger partial charge in [0.25, 0.3) is 0 Å². The van der Waals surface area contributed by atoms with Gasteiger partial charge in [0.2, 0.25) is 0 Å². The van der Waals surface area contributed by atoms with Crippen molar-refractivity contribution in [2.45, 2.75) is 24.9 Å². The normalized spacial score (nSPS) is 12.2. The van der Waals surface area contributed by atoms with Gasteiger partial charge in [-0.2, -0.15) is 0 Å². The second-order valence-electron chi connectivity index (χ2n) is 2.94. The van der Waals surface area contributed by atoms with Gasteiger partial charge in [-0.3, -0.25) is 0 Å². The summed E-state index contributed by atoms with van der Waals surface area (Å²) in [6.07, 6.45) is 0. The monoisotopic (exact) mass is 221 g/mol. The fourth-order valence-corrected chi connectivity index (χ4v) is 2.58. The number of hydrogen-bond acceptors (Lipinski definition) is 6. The van der Waals surface area contributed by atoms with Gasteiger partial charge in [-0.15, -0.1) is 5.10 Å². The Hall–Kier alpha value is -0.690. The minimum Gasteiger partial charge on any atom is -0.381 e. The third-order valence-electron chi connectivity index (χ3n) is 1.64. The van der Waals surface area contributed by atoms with Crippen molar-refractivity contribution >= 4 is 27.2 Å². The summed E-state index contributed by atoms with van der Waals surface area (Å²) in [6, 6.07) is 0. The topological polar surface area (TPSA) is 85.9 Å². The Morgan fingerprint density at radius 2 is 2.15 bits per heavy atom. The van der Waals surface area contributed by atoms with Gasteiger partial charge >= 0.3 is 0 Å². The van der Waals surface area contributed by atoms with Crippen LogP contribution in [0.5, 0.6) is 0 Å². The summed E-state index contributed by atoms with van der Waals surface area (Å²) >= 11 is 1.03. The van der Waals surface area contributed by atoms with E-state index >= 15 is 0 Å². The van der Waals surface area contributed by atoms with E-state index < -0.39 is 15.1 Å². The molecule has 74 valence electrons. The van der Waals surface area contributed by atoms with E-state index in [9.17, 15) is 8.42 Å². The fourth-order valence-electron chi connectivity index (χ4n) is 0.666. The van der Waals surface area contributed by atoms with Crippen molar-refractivity contribution < 1.29 is 8.42 Å². The molecule has 2 N–H and O–H groups in total. The molecule has 0 spiro atoms. The number of sulfone groups is 1. The first-order valence-electron chi connectivity index (χ1n) is 3.71. The average Bonchev–Trinajstić information content (AvgIpc) is 2.35. The maximum Gasteiger partial charge on any atom is 0.162 e. The molecule has 0 fully saturated rings. The Labute approximate surface area is 81.0 Å². The molecule has 0 aliphatic heterocycles. The molecule has 5 nitrogen and oxygen atoms in total. The van der Waals surface area contributed by atoms with Crippen molar-refractivity contribution in [1.29, 1.82) is 0 Å². The van der Waals surface area contributed by atoms with Gasteiger partial charge in [-0.1, -0.05) is 4.49 Å². The summed E-state index contributed by atoms with van der Waals surface area (Å²) < 4.78 is 26.5. The second-order valence-corrected chi connectivity index (χ2v) is 6.33. The fraction of sp³-hybridized carbons (Fsp3) is 0.667. The zero-order chi connectivity index (χ0) is 10.1. The van der Waals surface area contributed by atoms with Crippen LogP contribution in [0.3, 0.4) is 0 Å². The lowest BCUT2D eigenvalue weighted by Gasteiger charge is -2.04. The quantitative estimate of drug-likeness (QED) is 0.800. The van der Waals surface area contributed by atoms with E-state index in [1.165, 1.54) is 0 Å². The van der Waals surface area contributed by atoms with Crippen molar-refractivity contribution in [1.82, 2.24) is 9.59 Å². The van der Waals surface area contributed by atoms with E-state index in [0.29, 0.717) is 4.88 Å². The minimum atomic E-state index is -3.09. The van der Waals surface area contributed by atoms with Gasteiger partial charge in [0.15, 0.2) is 15.7 Å². The smallest absolute Gasteiger partial charge is 0.162 e. The van der Waals surface area contributed by atoms with E-state index in [-0.39, 0.29) is 11.6 Å². The lowest BCUT2D eigenvalue weighted by molar-refractivity contribution is 0.587. The number of nitrogen functional groups attached to an aromatic ring is 1. The van der Waals surface area contributed by atoms with Crippen molar-refractivity contribution in [3.8, 4) is 0 Å². The Balaban J connectivity index is 2.88. The van der Waals surface area contributed by atoms with Crippen LogP contribution >= 0.6 is 11.5 Å². The molecular weight excluding hydrogens is 210 g/mol. The first kappa shape index (κ1) is 10.4. The largest absolute Gasteiger partial charge is 0.381 e. The molecule has 0 unspecified atom stereocenters. The van der Waals surface area contributed by atoms with E-state index in [2.05, 4.69) is 9.59 Å². The van der Waals surface area contributed by atoms with Crippen molar-refractivity contribution in [2.24, 2.45) is 0 Å². The molecule has 0 aliphatic carbocycles. The van der Waals surface area contributed by atoms with Gasteiger partial charge < -0.3 is 5.73 Å². The van der Waals surface area contributed by atoms with Gasteiger partial charge in [0, 0.05) is 0 Å².